The van der Waals surface area contributed by atoms with Crippen LogP contribution in [0.1, 0.15) is 32.1 Å². The van der Waals surface area contributed by atoms with Crippen LogP contribution in [0.2, 0.25) is 0 Å². The second-order valence-electron chi connectivity index (χ2n) is 5.10. The van der Waals surface area contributed by atoms with Crippen LogP contribution < -0.4 is 16.0 Å². The molecule has 1 aliphatic carbocycles. The molecule has 0 bridgehead atoms. The van der Waals surface area contributed by atoms with Crippen molar-refractivity contribution >= 4 is 17.6 Å². The molecule has 1 aliphatic rings. The fourth-order valence-electron chi connectivity index (χ4n) is 2.63. The van der Waals surface area contributed by atoms with Crippen molar-refractivity contribution in [2.45, 2.75) is 32.1 Å². The first-order valence-corrected chi connectivity index (χ1v) is 6.72. The van der Waals surface area contributed by atoms with Crippen molar-refractivity contribution in [1.29, 1.82) is 0 Å². The van der Waals surface area contributed by atoms with E-state index in [2.05, 4.69) is 27.2 Å². The fourth-order valence-corrected chi connectivity index (χ4v) is 2.63. The highest BCUT2D eigenvalue weighted by Gasteiger charge is 2.16. The van der Waals surface area contributed by atoms with Crippen LogP contribution in [0.25, 0.3) is 0 Å². The van der Waals surface area contributed by atoms with Crippen LogP contribution in [0.4, 0.5) is 17.6 Å². The molecule has 0 aliphatic heterocycles. The molecule has 2 rings (SSSR count). The van der Waals surface area contributed by atoms with Crippen LogP contribution in [-0.2, 0) is 0 Å². The fraction of sp³-hybridized carbons (Fsp3) is 0.692. The lowest BCUT2D eigenvalue weighted by Crippen LogP contribution is -2.27. The van der Waals surface area contributed by atoms with Gasteiger partial charge in [-0.2, -0.15) is 9.97 Å². The van der Waals surface area contributed by atoms with E-state index in [1.165, 1.54) is 32.1 Å². The van der Waals surface area contributed by atoms with Gasteiger partial charge in [-0.05, 0) is 18.8 Å². The standard InChI is InChI=1S/C13H23N5/c1-15-11-8-12(17-13(14)16-11)18(2)9-10-6-4-3-5-7-10/h8,10H,3-7,9H2,1-2H3,(H3,14,15,16,17). The van der Waals surface area contributed by atoms with Crippen LogP contribution in [0, 0.1) is 5.92 Å². The molecule has 1 saturated carbocycles. The summed E-state index contributed by atoms with van der Waals surface area (Å²) in [6.07, 6.45) is 6.80. The Morgan fingerprint density at radius 1 is 1.33 bits per heavy atom. The smallest absolute Gasteiger partial charge is 0.223 e. The van der Waals surface area contributed by atoms with Crippen LogP contribution in [0.3, 0.4) is 0 Å². The molecule has 5 heteroatoms. The summed E-state index contributed by atoms with van der Waals surface area (Å²) >= 11 is 0. The molecule has 5 nitrogen and oxygen atoms in total. The second kappa shape index (κ2) is 5.89. The van der Waals surface area contributed by atoms with E-state index in [1.807, 2.05) is 13.1 Å². The van der Waals surface area contributed by atoms with Crippen molar-refractivity contribution in [1.82, 2.24) is 9.97 Å². The van der Waals surface area contributed by atoms with Crippen molar-refractivity contribution in [3.05, 3.63) is 6.07 Å². The van der Waals surface area contributed by atoms with Crippen LogP contribution in [-0.4, -0.2) is 30.6 Å². The normalized spacial score (nSPS) is 16.6. The number of nitrogens with one attached hydrogen (secondary N) is 1. The molecule has 3 N–H and O–H groups in total. The maximum absolute atomic E-state index is 5.72. The van der Waals surface area contributed by atoms with Gasteiger partial charge in [-0.25, -0.2) is 0 Å². The number of hydrogen-bond donors (Lipinski definition) is 2. The van der Waals surface area contributed by atoms with E-state index >= 15 is 0 Å². The van der Waals surface area contributed by atoms with Gasteiger partial charge in [0.25, 0.3) is 0 Å². The minimum Gasteiger partial charge on any atom is -0.373 e. The predicted molar refractivity (Wildman–Crippen MR) is 75.8 cm³/mol. The third-order valence-electron chi connectivity index (χ3n) is 3.63. The average Bonchev–Trinajstić information content (AvgIpc) is 2.39. The molecule has 18 heavy (non-hydrogen) atoms. The summed E-state index contributed by atoms with van der Waals surface area (Å²) < 4.78 is 0. The maximum atomic E-state index is 5.72. The molecule has 0 spiro atoms. The molecular formula is C13H23N5. The molecule has 0 amide bonds. The summed E-state index contributed by atoms with van der Waals surface area (Å²) in [6, 6.07) is 1.94. The van der Waals surface area contributed by atoms with Crippen molar-refractivity contribution in [2.75, 3.05) is 36.6 Å². The predicted octanol–water partition coefficient (Wildman–Crippen LogP) is 2.12. The summed E-state index contributed by atoms with van der Waals surface area (Å²) in [7, 11) is 3.92. The molecule has 1 heterocycles. The first kappa shape index (κ1) is 12.9. The molecule has 0 unspecified atom stereocenters. The molecule has 0 saturated heterocycles. The van der Waals surface area contributed by atoms with Gasteiger partial charge in [-0.3, -0.25) is 0 Å². The van der Waals surface area contributed by atoms with E-state index in [0.29, 0.717) is 5.95 Å². The van der Waals surface area contributed by atoms with Gasteiger partial charge in [-0.15, -0.1) is 0 Å². The number of nitrogens with two attached hydrogens (primary N) is 1. The van der Waals surface area contributed by atoms with Gasteiger partial charge in [0.2, 0.25) is 5.95 Å². The Balaban J connectivity index is 2.02. The molecule has 0 atom stereocenters. The zero-order chi connectivity index (χ0) is 13.0. The zero-order valence-corrected chi connectivity index (χ0v) is 11.3. The molecule has 1 aromatic heterocycles. The lowest BCUT2D eigenvalue weighted by Gasteiger charge is -2.27. The SMILES string of the molecule is CNc1cc(N(C)CC2CCCCC2)nc(N)n1. The highest BCUT2D eigenvalue weighted by Crippen LogP contribution is 2.26. The van der Waals surface area contributed by atoms with Crippen LogP contribution >= 0.6 is 0 Å². The summed E-state index contributed by atoms with van der Waals surface area (Å²) in [5.41, 5.74) is 5.72. The first-order chi connectivity index (χ1) is 8.69. The Morgan fingerprint density at radius 2 is 2.06 bits per heavy atom. The van der Waals surface area contributed by atoms with E-state index < -0.39 is 0 Å². The number of nitrogens with zero attached hydrogens (tertiary/aromatic N) is 3. The quantitative estimate of drug-likeness (QED) is 0.855. The minimum atomic E-state index is 0.326. The molecule has 0 aromatic carbocycles. The van der Waals surface area contributed by atoms with Crippen molar-refractivity contribution in [3.63, 3.8) is 0 Å². The Morgan fingerprint density at radius 3 is 2.72 bits per heavy atom. The van der Waals surface area contributed by atoms with Crippen molar-refractivity contribution in [3.8, 4) is 0 Å². The highest BCUT2D eigenvalue weighted by molar-refractivity contribution is 5.51. The van der Waals surface area contributed by atoms with Crippen molar-refractivity contribution < 1.29 is 0 Å². The molecule has 0 radical (unpaired) electrons. The van der Waals surface area contributed by atoms with Crippen LogP contribution in [0.5, 0.6) is 0 Å². The monoisotopic (exact) mass is 249 g/mol. The van der Waals surface area contributed by atoms with E-state index in [9.17, 15) is 0 Å². The third-order valence-corrected chi connectivity index (χ3v) is 3.63. The van der Waals surface area contributed by atoms with Gasteiger partial charge < -0.3 is 16.0 Å². The molecule has 1 fully saturated rings. The third kappa shape index (κ3) is 3.24. The number of nitrogen functional groups attached to an aromatic ring is 1. The molecule has 1 aromatic rings. The van der Waals surface area contributed by atoms with Gasteiger partial charge in [0.15, 0.2) is 0 Å². The van der Waals surface area contributed by atoms with Gasteiger partial charge in [0.1, 0.15) is 11.6 Å². The topological polar surface area (TPSA) is 67.1 Å². The lowest BCUT2D eigenvalue weighted by molar-refractivity contribution is 0.361. The van der Waals surface area contributed by atoms with E-state index in [1.54, 1.807) is 0 Å². The second-order valence-corrected chi connectivity index (χ2v) is 5.10. The van der Waals surface area contributed by atoms with Gasteiger partial charge in [0, 0.05) is 26.7 Å². The van der Waals surface area contributed by atoms with Crippen molar-refractivity contribution in [2.24, 2.45) is 5.92 Å². The van der Waals surface area contributed by atoms with Gasteiger partial charge in [-0.1, -0.05) is 19.3 Å². The molecule has 100 valence electrons. The number of anilines is 3. The van der Waals surface area contributed by atoms with Gasteiger partial charge >= 0.3 is 0 Å². The van der Waals surface area contributed by atoms with E-state index in [4.69, 9.17) is 5.73 Å². The number of hydrogen-bond acceptors (Lipinski definition) is 5. The van der Waals surface area contributed by atoms with E-state index in [-0.39, 0.29) is 0 Å². The lowest BCUT2D eigenvalue weighted by atomic mass is 9.89. The first-order valence-electron chi connectivity index (χ1n) is 6.72. The molecular weight excluding hydrogens is 226 g/mol. The summed E-state index contributed by atoms with van der Waals surface area (Å²) in [5.74, 6) is 2.79. The Bertz CT molecular complexity index is 387. The minimum absolute atomic E-state index is 0.326. The largest absolute Gasteiger partial charge is 0.373 e. The Labute approximate surface area is 109 Å². The maximum Gasteiger partial charge on any atom is 0.223 e. The van der Waals surface area contributed by atoms with Crippen LogP contribution in [0.15, 0.2) is 6.07 Å². The summed E-state index contributed by atoms with van der Waals surface area (Å²) in [4.78, 5) is 10.6. The Hall–Kier alpha value is -1.52. The van der Waals surface area contributed by atoms with Gasteiger partial charge in [0.05, 0.1) is 0 Å². The highest BCUT2D eigenvalue weighted by atomic mass is 15.2. The number of rotatable bonds is 4. The summed E-state index contributed by atoms with van der Waals surface area (Å²) in [6.45, 7) is 1.06. The number of aromatic nitrogens is 2. The summed E-state index contributed by atoms with van der Waals surface area (Å²) in [5, 5.41) is 3.01. The zero-order valence-electron chi connectivity index (χ0n) is 11.3. The average molecular weight is 249 g/mol. The van der Waals surface area contributed by atoms with E-state index in [0.717, 1.165) is 24.1 Å². The Kier molecular flexibility index (Phi) is 4.23.